The summed E-state index contributed by atoms with van der Waals surface area (Å²) in [7, 11) is 0. The van der Waals surface area contributed by atoms with Crippen molar-refractivity contribution in [3.8, 4) is 11.5 Å². The molecule has 1 saturated heterocycles. The number of ether oxygens (including phenoxy) is 2. The zero-order chi connectivity index (χ0) is 23.3. The first kappa shape index (κ1) is 23.1. The fourth-order valence-corrected chi connectivity index (χ4v) is 4.59. The number of hydrogen-bond acceptors (Lipinski definition) is 5. The monoisotopic (exact) mass is 475 g/mol. The van der Waals surface area contributed by atoms with Gasteiger partial charge in [-0.25, -0.2) is 0 Å². The zero-order valence-corrected chi connectivity index (χ0v) is 20.2. The van der Waals surface area contributed by atoms with Crippen LogP contribution in [-0.4, -0.2) is 23.4 Å². The minimum Gasteiger partial charge on any atom is -0.490 e. The van der Waals surface area contributed by atoms with Crippen LogP contribution >= 0.6 is 24.0 Å². The molecule has 0 aliphatic carbocycles. The highest BCUT2D eigenvalue weighted by molar-refractivity contribution is 8.26. The van der Waals surface area contributed by atoms with E-state index < -0.39 is 0 Å². The third-order valence-corrected chi connectivity index (χ3v) is 6.67. The van der Waals surface area contributed by atoms with Crippen LogP contribution in [0.25, 0.3) is 6.08 Å². The van der Waals surface area contributed by atoms with E-state index in [0.717, 1.165) is 17.1 Å². The summed E-state index contributed by atoms with van der Waals surface area (Å²) >= 11 is 6.28. The number of rotatable bonds is 8. The van der Waals surface area contributed by atoms with E-state index in [1.54, 1.807) is 0 Å². The SMILES string of the molecule is CC(C)(c1ccccc1)c1ccc(OCCOc2ccc(C=C3SC(=S)NC3=O)cc2)cc1. The van der Waals surface area contributed by atoms with Crippen molar-refractivity contribution >= 4 is 40.3 Å². The van der Waals surface area contributed by atoms with Gasteiger partial charge in [0, 0.05) is 5.41 Å². The van der Waals surface area contributed by atoms with E-state index >= 15 is 0 Å². The van der Waals surface area contributed by atoms with Gasteiger partial charge < -0.3 is 14.8 Å². The lowest BCUT2D eigenvalue weighted by Gasteiger charge is -2.26. The third-order valence-electron chi connectivity index (χ3n) is 5.51. The first-order valence-corrected chi connectivity index (χ1v) is 11.9. The Balaban J connectivity index is 1.26. The molecule has 1 aliphatic rings. The molecule has 3 aromatic rings. The van der Waals surface area contributed by atoms with Gasteiger partial charge in [-0.1, -0.05) is 92.4 Å². The maximum absolute atomic E-state index is 11.8. The molecule has 0 radical (unpaired) electrons. The normalized spacial score (nSPS) is 14.9. The van der Waals surface area contributed by atoms with E-state index in [9.17, 15) is 4.79 Å². The summed E-state index contributed by atoms with van der Waals surface area (Å²) in [5, 5.41) is 2.61. The van der Waals surface area contributed by atoms with Gasteiger partial charge in [-0.05, 0) is 47.0 Å². The van der Waals surface area contributed by atoms with Crippen molar-refractivity contribution in [3.05, 3.63) is 100 Å². The highest BCUT2D eigenvalue weighted by Crippen LogP contribution is 2.32. The van der Waals surface area contributed by atoms with Gasteiger partial charge >= 0.3 is 0 Å². The summed E-state index contributed by atoms with van der Waals surface area (Å²) in [5.41, 5.74) is 3.36. The maximum atomic E-state index is 11.8. The zero-order valence-electron chi connectivity index (χ0n) is 18.5. The molecule has 6 heteroatoms. The molecule has 168 valence electrons. The number of thioether (sulfide) groups is 1. The lowest BCUT2D eigenvalue weighted by molar-refractivity contribution is -0.115. The van der Waals surface area contributed by atoms with Crippen LogP contribution in [0.2, 0.25) is 0 Å². The number of amides is 1. The molecular weight excluding hydrogens is 450 g/mol. The van der Waals surface area contributed by atoms with Crippen molar-refractivity contribution in [1.82, 2.24) is 5.32 Å². The second kappa shape index (κ2) is 10.2. The van der Waals surface area contributed by atoms with Gasteiger partial charge in [0.15, 0.2) is 0 Å². The Kier molecular flexibility index (Phi) is 7.16. The van der Waals surface area contributed by atoms with Gasteiger partial charge in [0.1, 0.15) is 29.0 Å². The number of benzene rings is 3. The van der Waals surface area contributed by atoms with Crippen molar-refractivity contribution in [2.24, 2.45) is 0 Å². The number of nitrogens with one attached hydrogen (secondary N) is 1. The fourth-order valence-electron chi connectivity index (χ4n) is 3.54. The van der Waals surface area contributed by atoms with E-state index in [2.05, 4.69) is 55.6 Å². The molecule has 1 aliphatic heterocycles. The quantitative estimate of drug-likeness (QED) is 0.247. The molecule has 3 aromatic carbocycles. The highest BCUT2D eigenvalue weighted by Gasteiger charge is 2.23. The molecular formula is C27H25NO3S2. The molecule has 33 heavy (non-hydrogen) atoms. The van der Waals surface area contributed by atoms with Crippen LogP contribution in [0.1, 0.15) is 30.5 Å². The van der Waals surface area contributed by atoms with Crippen LogP contribution in [0.4, 0.5) is 0 Å². The molecule has 0 aromatic heterocycles. The van der Waals surface area contributed by atoms with Crippen molar-refractivity contribution < 1.29 is 14.3 Å². The molecule has 0 spiro atoms. The van der Waals surface area contributed by atoms with Gasteiger partial charge in [0.25, 0.3) is 5.91 Å². The minimum atomic E-state index is -0.154. The van der Waals surface area contributed by atoms with Crippen LogP contribution in [0, 0.1) is 0 Å². The first-order valence-electron chi connectivity index (χ1n) is 10.7. The first-order chi connectivity index (χ1) is 15.9. The molecule has 4 nitrogen and oxygen atoms in total. The third kappa shape index (κ3) is 5.83. The Morgan fingerprint density at radius 2 is 1.39 bits per heavy atom. The predicted molar refractivity (Wildman–Crippen MR) is 139 cm³/mol. The largest absolute Gasteiger partial charge is 0.490 e. The van der Waals surface area contributed by atoms with Gasteiger partial charge in [-0.15, -0.1) is 0 Å². The lowest BCUT2D eigenvalue weighted by atomic mass is 9.78. The van der Waals surface area contributed by atoms with E-state index in [1.807, 2.05) is 48.5 Å². The van der Waals surface area contributed by atoms with E-state index in [1.165, 1.54) is 22.9 Å². The molecule has 1 heterocycles. The standard InChI is InChI=1S/C27H25NO3S2/c1-27(2,20-6-4-3-5-7-20)21-10-14-23(15-11-21)31-17-16-30-22-12-8-19(9-13-22)18-24-25(29)28-26(32)33-24/h3-15,18H,16-17H2,1-2H3,(H,28,29,32). The smallest absolute Gasteiger partial charge is 0.263 e. The topological polar surface area (TPSA) is 47.6 Å². The van der Waals surface area contributed by atoms with Crippen molar-refractivity contribution in [2.45, 2.75) is 19.3 Å². The average molecular weight is 476 g/mol. The summed E-state index contributed by atoms with van der Waals surface area (Å²) in [6, 6.07) is 26.3. The van der Waals surface area contributed by atoms with Crippen LogP contribution < -0.4 is 14.8 Å². The Morgan fingerprint density at radius 3 is 1.94 bits per heavy atom. The van der Waals surface area contributed by atoms with Gasteiger partial charge in [-0.2, -0.15) is 0 Å². The molecule has 0 saturated carbocycles. The molecule has 0 unspecified atom stereocenters. The molecule has 0 atom stereocenters. The Hall–Kier alpha value is -3.09. The average Bonchev–Trinajstić information content (AvgIpc) is 3.15. The number of carbonyl (C=O) groups is 1. The van der Waals surface area contributed by atoms with Crippen LogP contribution in [0.5, 0.6) is 11.5 Å². The van der Waals surface area contributed by atoms with E-state index in [0.29, 0.717) is 22.4 Å². The minimum absolute atomic E-state index is 0.0723. The molecule has 1 amide bonds. The van der Waals surface area contributed by atoms with Gasteiger partial charge in [0.2, 0.25) is 0 Å². The Bertz CT molecular complexity index is 1150. The number of thiocarbonyl (C=S) groups is 1. The Labute approximate surface area is 204 Å². The second-order valence-electron chi connectivity index (χ2n) is 8.13. The summed E-state index contributed by atoms with van der Waals surface area (Å²) in [4.78, 5) is 12.4. The van der Waals surface area contributed by atoms with Crippen LogP contribution in [0.15, 0.2) is 83.8 Å². The van der Waals surface area contributed by atoms with E-state index in [4.69, 9.17) is 21.7 Å². The Morgan fingerprint density at radius 1 is 0.848 bits per heavy atom. The predicted octanol–water partition coefficient (Wildman–Crippen LogP) is 5.96. The summed E-state index contributed by atoms with van der Waals surface area (Å²) in [5.74, 6) is 1.41. The second-order valence-corrected chi connectivity index (χ2v) is 9.85. The molecule has 0 bridgehead atoms. The molecule has 1 N–H and O–H groups in total. The number of hydrogen-bond donors (Lipinski definition) is 1. The summed E-state index contributed by atoms with van der Waals surface area (Å²) < 4.78 is 12.1. The highest BCUT2D eigenvalue weighted by atomic mass is 32.2. The van der Waals surface area contributed by atoms with Crippen molar-refractivity contribution in [1.29, 1.82) is 0 Å². The lowest BCUT2D eigenvalue weighted by Crippen LogP contribution is -2.18. The fraction of sp³-hybridized carbons (Fsp3) is 0.185. The van der Waals surface area contributed by atoms with E-state index in [-0.39, 0.29) is 11.3 Å². The van der Waals surface area contributed by atoms with Gasteiger partial charge in [0.05, 0.1) is 4.91 Å². The summed E-state index contributed by atoms with van der Waals surface area (Å²) in [6.07, 6.45) is 1.81. The van der Waals surface area contributed by atoms with Crippen LogP contribution in [0.3, 0.4) is 0 Å². The van der Waals surface area contributed by atoms with Crippen LogP contribution in [-0.2, 0) is 10.2 Å². The van der Waals surface area contributed by atoms with Gasteiger partial charge in [-0.3, -0.25) is 4.79 Å². The summed E-state index contributed by atoms with van der Waals surface area (Å²) in [6.45, 7) is 5.33. The molecule has 4 rings (SSSR count). The maximum Gasteiger partial charge on any atom is 0.263 e. The number of carbonyl (C=O) groups excluding carboxylic acids is 1. The van der Waals surface area contributed by atoms with Crippen molar-refractivity contribution in [3.63, 3.8) is 0 Å². The molecule has 1 fully saturated rings. The van der Waals surface area contributed by atoms with Crippen molar-refractivity contribution in [2.75, 3.05) is 13.2 Å².